The summed E-state index contributed by atoms with van der Waals surface area (Å²) < 4.78 is 0. The normalized spacial score (nSPS) is 10.7. The number of benzene rings is 1. The van der Waals surface area contributed by atoms with Crippen LogP contribution in [-0.2, 0) is 6.42 Å². The molecule has 0 unspecified atom stereocenters. The molecule has 0 aromatic heterocycles. The molecular formula is C15H21N3O2. The summed E-state index contributed by atoms with van der Waals surface area (Å²) in [5, 5.41) is 23.5. The first-order valence-electron chi connectivity index (χ1n) is 6.75. The Balaban J connectivity index is 2.64. The van der Waals surface area contributed by atoms with Gasteiger partial charge in [0.15, 0.2) is 0 Å². The zero-order valence-corrected chi connectivity index (χ0v) is 11.9. The van der Waals surface area contributed by atoms with E-state index < -0.39 is 5.54 Å². The van der Waals surface area contributed by atoms with Gasteiger partial charge in [-0.05, 0) is 30.5 Å². The molecule has 0 saturated heterocycles. The summed E-state index contributed by atoms with van der Waals surface area (Å²) in [5.74, 6) is 0. The lowest BCUT2D eigenvalue weighted by atomic mass is 9.94. The highest BCUT2D eigenvalue weighted by Gasteiger charge is 2.27. The van der Waals surface area contributed by atoms with E-state index in [2.05, 4.69) is 16.7 Å². The lowest BCUT2D eigenvalue weighted by Crippen LogP contribution is -2.51. The van der Waals surface area contributed by atoms with Gasteiger partial charge in [-0.3, -0.25) is 0 Å². The first-order chi connectivity index (χ1) is 9.59. The highest BCUT2D eigenvalue weighted by atomic mass is 16.3. The van der Waals surface area contributed by atoms with Crippen molar-refractivity contribution in [2.45, 2.75) is 38.6 Å². The highest BCUT2D eigenvalue weighted by molar-refractivity contribution is 5.89. The first kappa shape index (κ1) is 16.0. The van der Waals surface area contributed by atoms with Gasteiger partial charge in [0, 0.05) is 5.69 Å². The number of hydrogen-bond acceptors (Lipinski definition) is 3. The number of nitrogens with zero attached hydrogens (tertiary/aromatic N) is 1. The molecule has 0 fully saturated rings. The largest absolute Gasteiger partial charge is 0.394 e. The van der Waals surface area contributed by atoms with E-state index in [1.54, 1.807) is 24.3 Å². The molecule has 0 bridgehead atoms. The number of nitriles is 1. The maximum absolute atomic E-state index is 11.9. The quantitative estimate of drug-likeness (QED) is 0.745. The summed E-state index contributed by atoms with van der Waals surface area (Å²) in [4.78, 5) is 11.9. The molecule has 1 aromatic rings. The Kier molecular flexibility index (Phi) is 6.01. The molecule has 0 saturated carbocycles. The zero-order chi connectivity index (χ0) is 15.0. The number of carbonyl (C=O) groups is 1. The minimum absolute atomic E-state index is 0.0888. The van der Waals surface area contributed by atoms with Crippen LogP contribution in [0, 0.1) is 11.3 Å². The van der Waals surface area contributed by atoms with Gasteiger partial charge in [-0.25, -0.2) is 4.79 Å². The van der Waals surface area contributed by atoms with Crippen molar-refractivity contribution in [2.75, 3.05) is 11.9 Å². The summed E-state index contributed by atoms with van der Waals surface area (Å²) in [6, 6.07) is 8.85. The monoisotopic (exact) mass is 275 g/mol. The number of rotatable bonds is 6. The van der Waals surface area contributed by atoms with Gasteiger partial charge in [-0.2, -0.15) is 5.26 Å². The van der Waals surface area contributed by atoms with Gasteiger partial charge in [0.25, 0.3) is 0 Å². The molecule has 0 aliphatic carbocycles. The first-order valence-corrected chi connectivity index (χ1v) is 6.75. The van der Waals surface area contributed by atoms with E-state index in [0.29, 0.717) is 24.9 Å². The van der Waals surface area contributed by atoms with Crippen molar-refractivity contribution in [3.05, 3.63) is 29.8 Å². The molecule has 0 heterocycles. The molecule has 0 aliphatic rings. The van der Waals surface area contributed by atoms with Crippen LogP contribution in [0.25, 0.3) is 0 Å². The van der Waals surface area contributed by atoms with E-state index >= 15 is 0 Å². The molecule has 1 rings (SSSR count). The average molecular weight is 275 g/mol. The van der Waals surface area contributed by atoms with Crippen molar-refractivity contribution in [1.29, 1.82) is 5.26 Å². The van der Waals surface area contributed by atoms with Crippen LogP contribution >= 0.6 is 0 Å². The molecule has 0 aliphatic heterocycles. The fourth-order valence-electron chi connectivity index (χ4n) is 1.89. The lowest BCUT2D eigenvalue weighted by molar-refractivity contribution is 0.155. The number of hydrogen-bond donors (Lipinski definition) is 3. The van der Waals surface area contributed by atoms with Gasteiger partial charge in [-0.1, -0.05) is 26.0 Å². The summed E-state index contributed by atoms with van der Waals surface area (Å²) in [7, 11) is 0. The maximum atomic E-state index is 11.9. The molecule has 3 N–H and O–H groups in total. The fourth-order valence-corrected chi connectivity index (χ4v) is 1.89. The van der Waals surface area contributed by atoms with Crippen LogP contribution < -0.4 is 10.6 Å². The van der Waals surface area contributed by atoms with Gasteiger partial charge in [0.2, 0.25) is 0 Å². The van der Waals surface area contributed by atoms with Gasteiger partial charge in [-0.15, -0.1) is 0 Å². The second-order valence-corrected chi connectivity index (χ2v) is 4.76. The molecule has 1 aromatic carbocycles. The van der Waals surface area contributed by atoms with Gasteiger partial charge >= 0.3 is 6.03 Å². The topological polar surface area (TPSA) is 85.2 Å². The van der Waals surface area contributed by atoms with Crippen LogP contribution in [0.4, 0.5) is 10.5 Å². The van der Waals surface area contributed by atoms with E-state index in [1.807, 2.05) is 13.8 Å². The van der Waals surface area contributed by atoms with E-state index in [0.717, 1.165) is 5.56 Å². The summed E-state index contributed by atoms with van der Waals surface area (Å²) in [6.45, 7) is 3.77. The number of carbonyl (C=O) groups excluding carboxylic acids is 1. The van der Waals surface area contributed by atoms with E-state index in [9.17, 15) is 9.90 Å². The average Bonchev–Trinajstić information content (AvgIpc) is 2.47. The molecule has 0 atom stereocenters. The number of amides is 2. The Morgan fingerprint density at radius 2 is 1.90 bits per heavy atom. The molecule has 5 nitrogen and oxygen atoms in total. The van der Waals surface area contributed by atoms with Gasteiger partial charge < -0.3 is 15.7 Å². The molecule has 5 heteroatoms. The van der Waals surface area contributed by atoms with E-state index in [-0.39, 0.29) is 12.6 Å². The Hall–Kier alpha value is -2.06. The van der Waals surface area contributed by atoms with Crippen LogP contribution in [0.1, 0.15) is 32.3 Å². The molecular weight excluding hydrogens is 254 g/mol. The number of aliphatic hydroxyl groups excluding tert-OH is 1. The Labute approximate surface area is 119 Å². The van der Waals surface area contributed by atoms with Crippen LogP contribution in [0.3, 0.4) is 0 Å². The summed E-state index contributed by atoms with van der Waals surface area (Å²) >= 11 is 0. The van der Waals surface area contributed by atoms with Crippen molar-refractivity contribution in [3.8, 4) is 6.07 Å². The molecule has 108 valence electrons. The standard InChI is InChI=1S/C15H21N3O2/c1-3-15(4-2,11-19)18-14(20)17-13-7-5-12(6-8-13)9-10-16/h5-8,19H,3-4,9,11H2,1-2H3,(H2,17,18,20). The Morgan fingerprint density at radius 3 is 2.35 bits per heavy atom. The minimum Gasteiger partial charge on any atom is -0.394 e. The van der Waals surface area contributed by atoms with Crippen LogP contribution in [0.2, 0.25) is 0 Å². The third-order valence-electron chi connectivity index (χ3n) is 3.53. The predicted octanol–water partition coefficient (Wildman–Crippen LogP) is 2.43. The zero-order valence-electron chi connectivity index (χ0n) is 11.9. The maximum Gasteiger partial charge on any atom is 0.319 e. The number of anilines is 1. The SMILES string of the molecule is CCC(CC)(CO)NC(=O)Nc1ccc(CC#N)cc1. The van der Waals surface area contributed by atoms with Crippen molar-refractivity contribution in [1.82, 2.24) is 5.32 Å². The Bertz CT molecular complexity index is 465. The van der Waals surface area contributed by atoms with Crippen LogP contribution in [0.5, 0.6) is 0 Å². The fraction of sp³-hybridized carbons (Fsp3) is 0.467. The van der Waals surface area contributed by atoms with Gasteiger partial charge in [0.1, 0.15) is 0 Å². The number of urea groups is 1. The van der Waals surface area contributed by atoms with Crippen molar-refractivity contribution < 1.29 is 9.90 Å². The van der Waals surface area contributed by atoms with Crippen LogP contribution in [-0.4, -0.2) is 23.3 Å². The second-order valence-electron chi connectivity index (χ2n) is 4.76. The molecule has 0 spiro atoms. The second kappa shape index (κ2) is 7.51. The van der Waals surface area contributed by atoms with E-state index in [4.69, 9.17) is 5.26 Å². The summed E-state index contributed by atoms with van der Waals surface area (Å²) in [6.07, 6.45) is 1.68. The third-order valence-corrected chi connectivity index (χ3v) is 3.53. The van der Waals surface area contributed by atoms with Crippen molar-refractivity contribution >= 4 is 11.7 Å². The minimum atomic E-state index is -0.579. The smallest absolute Gasteiger partial charge is 0.319 e. The number of nitrogens with one attached hydrogen (secondary N) is 2. The number of aliphatic hydroxyl groups is 1. The van der Waals surface area contributed by atoms with Gasteiger partial charge in [0.05, 0.1) is 24.6 Å². The van der Waals surface area contributed by atoms with Crippen molar-refractivity contribution in [3.63, 3.8) is 0 Å². The summed E-state index contributed by atoms with van der Waals surface area (Å²) in [5.41, 5.74) is 0.985. The molecule has 0 radical (unpaired) electrons. The van der Waals surface area contributed by atoms with Crippen molar-refractivity contribution in [2.24, 2.45) is 0 Å². The third kappa shape index (κ3) is 4.25. The van der Waals surface area contributed by atoms with Crippen LogP contribution in [0.15, 0.2) is 24.3 Å². The Morgan fingerprint density at radius 1 is 1.30 bits per heavy atom. The lowest BCUT2D eigenvalue weighted by Gasteiger charge is -2.30. The highest BCUT2D eigenvalue weighted by Crippen LogP contribution is 2.15. The van der Waals surface area contributed by atoms with E-state index in [1.165, 1.54) is 0 Å². The molecule has 20 heavy (non-hydrogen) atoms. The predicted molar refractivity (Wildman–Crippen MR) is 78.3 cm³/mol. The molecule has 2 amide bonds.